The summed E-state index contributed by atoms with van der Waals surface area (Å²) in [7, 11) is 1.61. The van der Waals surface area contributed by atoms with Gasteiger partial charge in [0.05, 0.1) is 48.3 Å². The number of carboxylic acids is 1. The Morgan fingerprint density at radius 1 is 1.05 bits per heavy atom. The zero-order valence-electron chi connectivity index (χ0n) is 43.9. The van der Waals surface area contributed by atoms with Gasteiger partial charge in [-0.05, 0) is 158 Å². The average molecular weight is 1060 g/mol. The van der Waals surface area contributed by atoms with Crippen molar-refractivity contribution in [1.82, 2.24) is 4.57 Å². The molecule has 15 nitrogen and oxygen atoms in total. The zero-order chi connectivity index (χ0) is 53.9. The largest absolute Gasteiger partial charge is 0.485 e. The number of carboxylic acid groups (broad SMARTS) is 1. The predicted octanol–water partition coefficient (Wildman–Crippen LogP) is 6.89. The first-order valence-electron chi connectivity index (χ1n) is 27.9. The van der Waals surface area contributed by atoms with Crippen LogP contribution in [0.1, 0.15) is 122 Å². The Kier molecular flexibility index (Phi) is 14.8. The molecule has 18 atom stereocenters. The van der Waals surface area contributed by atoms with Crippen LogP contribution in [0.5, 0.6) is 5.75 Å². The van der Waals surface area contributed by atoms with Gasteiger partial charge in [-0.25, -0.2) is 4.79 Å². The second-order valence-electron chi connectivity index (χ2n) is 23.8. The van der Waals surface area contributed by atoms with Crippen molar-refractivity contribution in [1.29, 1.82) is 5.26 Å². The van der Waals surface area contributed by atoms with Crippen molar-refractivity contribution >= 4 is 5.97 Å². The zero-order valence-corrected chi connectivity index (χ0v) is 43.9. The molecule has 15 heteroatoms. The molecule has 4 aliphatic heterocycles. The first kappa shape index (κ1) is 53.5. The molecule has 0 radical (unpaired) electrons. The Balaban J connectivity index is 0.985. The highest BCUT2D eigenvalue weighted by atomic mass is 16.7. The van der Waals surface area contributed by atoms with Crippen molar-refractivity contribution in [3.8, 4) is 23.8 Å². The smallest absolute Gasteiger partial charge is 0.335 e. The molecule has 12 rings (SSSR count). The molecular weight excluding hydrogens is 981 g/mol. The van der Waals surface area contributed by atoms with E-state index in [2.05, 4.69) is 36.8 Å². The Labute approximate surface area is 450 Å². The van der Waals surface area contributed by atoms with E-state index in [0.29, 0.717) is 49.3 Å². The Morgan fingerprint density at radius 2 is 1.88 bits per heavy atom. The standard InChI is InChI=1S/C62H74N2O13/c1-3-7-38-16-19-46(27-42(38)26-43(34-73-2)50(33-66)64-23-21-37(31-63)32-64)76-58-62-30-49(51(67)9-6-25-74-52(10-5-24-65)54(77-58)53(68)56(62)69)59-28-41(15-17-45(59)35-75-62)55-60(72,36-59)29-48-47(20-18-44-8-4-22-61(44,48)55)39-11-13-40(14-12-39)57(70)71/h3,11-17,19,21,23,27,32,35,41,43-44,47-56,58,65-69,72H,1,4-5,7-10,18,20,22,24,26,28-30,33-34,36H2,2H3,(H,70,71)/t41-,43-,44-,47+,48-,49+,50+,51-,52+,53+,54+,55+,56-,58-,59-,60+,61+,62+/m0/s1. The third-order valence-corrected chi connectivity index (χ3v) is 20.2. The van der Waals surface area contributed by atoms with Crippen LogP contribution in [0.2, 0.25) is 0 Å². The Hall–Kier alpha value is -5.46. The summed E-state index contributed by atoms with van der Waals surface area (Å²) >= 11 is 0. The van der Waals surface area contributed by atoms with Gasteiger partial charge in [-0.1, -0.05) is 48.8 Å². The van der Waals surface area contributed by atoms with Crippen LogP contribution in [0.15, 0.2) is 97.6 Å². The normalized spacial score (nSPS) is 38.1. The number of carbonyl (C=O) groups is 1. The molecule has 410 valence electrons. The molecule has 7 N–H and O–H groups in total. The van der Waals surface area contributed by atoms with Crippen molar-refractivity contribution in [3.63, 3.8) is 0 Å². The van der Waals surface area contributed by atoms with Crippen LogP contribution >= 0.6 is 0 Å². The van der Waals surface area contributed by atoms with E-state index < -0.39 is 71.4 Å². The van der Waals surface area contributed by atoms with E-state index in [9.17, 15) is 45.8 Å². The third kappa shape index (κ3) is 9.03. The van der Waals surface area contributed by atoms with Gasteiger partial charge in [0.15, 0.2) is 5.60 Å². The van der Waals surface area contributed by atoms with Crippen molar-refractivity contribution < 1.29 is 64.2 Å². The Bertz CT molecular complexity index is 2850. The van der Waals surface area contributed by atoms with Crippen LogP contribution in [0, 0.1) is 69.7 Å². The van der Waals surface area contributed by atoms with E-state index in [1.165, 1.54) is 0 Å². The molecule has 0 unspecified atom stereocenters. The van der Waals surface area contributed by atoms with Gasteiger partial charge in [0.2, 0.25) is 6.29 Å². The lowest BCUT2D eigenvalue weighted by molar-refractivity contribution is -0.334. The number of aliphatic hydroxyl groups excluding tert-OH is 5. The molecule has 3 spiro atoms. The van der Waals surface area contributed by atoms with E-state index >= 15 is 0 Å². The number of nitriles is 1. The number of fused-ring (bicyclic) bond motifs is 9. The summed E-state index contributed by atoms with van der Waals surface area (Å²) in [6, 6.07) is 16.4. The number of allylic oxidation sites excluding steroid dienone is 4. The molecule has 3 aromatic rings. The molecule has 5 bridgehead atoms. The number of nitrogens with zero attached hydrogens (tertiary/aromatic N) is 2. The van der Waals surface area contributed by atoms with Crippen molar-refractivity contribution in [3.05, 3.63) is 125 Å². The Morgan fingerprint density at radius 3 is 2.62 bits per heavy atom. The van der Waals surface area contributed by atoms with Gasteiger partial charge in [0.25, 0.3) is 0 Å². The molecule has 2 aromatic carbocycles. The second kappa shape index (κ2) is 21.3. The van der Waals surface area contributed by atoms with Gasteiger partial charge >= 0.3 is 5.97 Å². The van der Waals surface area contributed by atoms with Crippen LogP contribution in [-0.2, 0) is 31.8 Å². The van der Waals surface area contributed by atoms with Gasteiger partial charge in [-0.3, -0.25) is 0 Å². The summed E-state index contributed by atoms with van der Waals surface area (Å²) in [5.41, 5.74) is 0.371. The van der Waals surface area contributed by atoms with E-state index in [-0.39, 0.29) is 86.1 Å². The molecule has 1 saturated heterocycles. The number of aliphatic hydroxyl groups is 6. The summed E-state index contributed by atoms with van der Waals surface area (Å²) in [5, 5.41) is 92.2. The van der Waals surface area contributed by atoms with E-state index in [1.807, 2.05) is 41.0 Å². The summed E-state index contributed by atoms with van der Waals surface area (Å²) < 4.78 is 34.7. The monoisotopic (exact) mass is 1050 g/mol. The summed E-state index contributed by atoms with van der Waals surface area (Å²) in [4.78, 5) is 11.9. The van der Waals surface area contributed by atoms with Crippen LogP contribution in [0.3, 0.4) is 0 Å². The number of aromatic nitrogens is 1. The molecular formula is C62H74N2O13. The highest BCUT2D eigenvalue weighted by molar-refractivity contribution is 5.87. The number of benzene rings is 2. The molecule has 5 fully saturated rings. The maximum atomic E-state index is 13.9. The number of rotatable bonds is 16. The minimum Gasteiger partial charge on any atom is -0.485 e. The van der Waals surface area contributed by atoms with Crippen LogP contribution in [0.25, 0.3) is 0 Å². The highest BCUT2D eigenvalue weighted by Gasteiger charge is 2.75. The van der Waals surface area contributed by atoms with Crippen LogP contribution in [0.4, 0.5) is 0 Å². The van der Waals surface area contributed by atoms with Crippen molar-refractivity contribution in [2.45, 2.75) is 150 Å². The van der Waals surface area contributed by atoms with Crippen LogP contribution < -0.4 is 4.74 Å². The van der Waals surface area contributed by atoms with E-state index in [0.717, 1.165) is 54.4 Å². The molecule has 77 heavy (non-hydrogen) atoms. The molecule has 9 aliphatic rings. The quantitative estimate of drug-likeness (QED) is 0.0572. The molecule has 0 amide bonds. The number of ether oxygens (including phenoxy) is 5. The molecule has 4 saturated carbocycles. The van der Waals surface area contributed by atoms with Gasteiger partial charge in [0.1, 0.15) is 42.3 Å². The maximum absolute atomic E-state index is 13.9. The van der Waals surface area contributed by atoms with Gasteiger partial charge in [-0.15, -0.1) is 6.58 Å². The minimum absolute atomic E-state index is 0.00389. The first-order chi connectivity index (χ1) is 37.3. The predicted molar refractivity (Wildman–Crippen MR) is 282 cm³/mol. The number of hydrogen-bond donors (Lipinski definition) is 7. The van der Waals surface area contributed by atoms with Gasteiger partial charge < -0.3 is 64.0 Å². The highest BCUT2D eigenvalue weighted by Crippen LogP contribution is 2.77. The summed E-state index contributed by atoms with van der Waals surface area (Å²) in [6.07, 6.45) is 14.2. The number of aromatic carboxylic acids is 1. The second-order valence-corrected chi connectivity index (χ2v) is 23.8. The van der Waals surface area contributed by atoms with Crippen LogP contribution in [-0.4, -0.2) is 121 Å². The van der Waals surface area contributed by atoms with Crippen molar-refractivity contribution in [2.75, 3.05) is 26.9 Å². The fourth-order valence-corrected chi connectivity index (χ4v) is 17.1. The van der Waals surface area contributed by atoms with Gasteiger partial charge in [0, 0.05) is 56.2 Å². The molecule has 1 aromatic heterocycles. The minimum atomic E-state index is -1.85. The summed E-state index contributed by atoms with van der Waals surface area (Å²) in [6.45, 7) is 3.92. The lowest BCUT2D eigenvalue weighted by Gasteiger charge is -2.60. The first-order valence-corrected chi connectivity index (χ1v) is 27.9. The van der Waals surface area contributed by atoms with E-state index in [1.54, 1.807) is 44.0 Å². The number of hydrogen-bond acceptors (Lipinski definition) is 13. The van der Waals surface area contributed by atoms with Gasteiger partial charge in [-0.2, -0.15) is 5.26 Å². The van der Waals surface area contributed by atoms with Crippen molar-refractivity contribution in [2.24, 2.45) is 46.3 Å². The third-order valence-electron chi connectivity index (χ3n) is 20.2. The maximum Gasteiger partial charge on any atom is 0.335 e. The average Bonchev–Trinajstić information content (AvgIpc) is 4.09. The summed E-state index contributed by atoms with van der Waals surface area (Å²) in [5.74, 6) is 2.09. The van der Waals surface area contributed by atoms with E-state index in [4.69, 9.17) is 23.7 Å². The SMILES string of the molecule is C=CCc1ccc(O[C@H]2O[C@H]3[C@@H](O)[C@H](O)[C@]24C[C@H]([C@@H](O)CC#CO[C@@H]3CCCO)[C@]23C[C@H](C=CC2=CO4)[C@@H]2[C@@](O)(C[C@H]4[C@@H](c5ccc(C(=O)O)cc5)CC[C@@H]5CCC[C@]524)C3)cc1C[C@@H](COC)[C@@H](CO)n1ccc(C#N)c1. The lowest BCUT2D eigenvalue weighted by Crippen LogP contribution is -2.71. The fraction of sp³-hybridized carbons (Fsp3) is 0.581. The molecule has 5 aliphatic carbocycles. The number of methoxy groups -OCH3 is 1. The fourth-order valence-electron chi connectivity index (χ4n) is 17.1. The topological polar surface area (TPSA) is 234 Å². The lowest BCUT2D eigenvalue weighted by atomic mass is 9.45. The molecule has 5 heterocycles.